The summed E-state index contributed by atoms with van der Waals surface area (Å²) in [6, 6.07) is 3.84. The number of hydrogen-bond donors (Lipinski definition) is 1. The van der Waals surface area contributed by atoms with Crippen molar-refractivity contribution in [1.82, 2.24) is 0 Å². The van der Waals surface area contributed by atoms with E-state index >= 15 is 0 Å². The molecule has 88 valence electrons. The van der Waals surface area contributed by atoms with Crippen molar-refractivity contribution >= 4 is 45.5 Å². The van der Waals surface area contributed by atoms with Crippen LogP contribution < -0.4 is 4.57 Å². The maximum atomic E-state index is 10.9. The summed E-state index contributed by atoms with van der Waals surface area (Å²) in [5, 5.41) is 7.29. The molecule has 3 nitrogen and oxygen atoms in total. The van der Waals surface area contributed by atoms with Gasteiger partial charge in [0.15, 0.2) is 16.6 Å². The van der Waals surface area contributed by atoms with Crippen LogP contribution in [-0.4, -0.2) is 21.6 Å². The van der Waals surface area contributed by atoms with Crippen molar-refractivity contribution in [1.29, 1.82) is 5.41 Å². The van der Waals surface area contributed by atoms with Crippen molar-refractivity contribution in [2.75, 3.05) is 5.75 Å². The van der Waals surface area contributed by atoms with Crippen molar-refractivity contribution in [2.24, 2.45) is 0 Å². The number of hydrogen-bond acceptors (Lipinski definition) is 4. The van der Waals surface area contributed by atoms with Crippen LogP contribution in [0.3, 0.4) is 0 Å². The van der Waals surface area contributed by atoms with Gasteiger partial charge in [0, 0.05) is 11.6 Å². The summed E-state index contributed by atoms with van der Waals surface area (Å²) in [4.78, 5) is 10.9. The van der Waals surface area contributed by atoms with Gasteiger partial charge >= 0.3 is 0 Å². The molecule has 0 fully saturated rings. The number of nitrogens with one attached hydrogen (secondary N) is 1. The highest BCUT2D eigenvalue weighted by Gasteiger charge is 2.17. The van der Waals surface area contributed by atoms with Crippen molar-refractivity contribution in [3.8, 4) is 0 Å². The quantitative estimate of drug-likeness (QED) is 0.392. The van der Waals surface area contributed by atoms with Crippen LogP contribution in [0.5, 0.6) is 0 Å². The van der Waals surface area contributed by atoms with Gasteiger partial charge < -0.3 is 0 Å². The fraction of sp³-hybridized carbons (Fsp3) is 0.250. The summed E-state index contributed by atoms with van der Waals surface area (Å²) >= 11 is 6.45. The molecule has 0 radical (unpaired) electrons. The first-order valence-corrected chi connectivity index (χ1v) is 6.38. The van der Waals surface area contributed by atoms with Crippen molar-refractivity contribution in [2.45, 2.75) is 13.8 Å². The fourth-order valence-corrected chi connectivity index (χ4v) is 2.15. The number of thiocarbonyl (C=S) groups is 1. The lowest BCUT2D eigenvalue weighted by Crippen LogP contribution is -2.35. The van der Waals surface area contributed by atoms with E-state index in [1.807, 2.05) is 31.5 Å². The Kier molecular flexibility index (Phi) is 5.22. The van der Waals surface area contributed by atoms with E-state index in [0.717, 1.165) is 5.56 Å². The van der Waals surface area contributed by atoms with E-state index in [1.165, 1.54) is 18.7 Å². The van der Waals surface area contributed by atoms with Gasteiger partial charge in [-0.2, -0.15) is 4.57 Å². The van der Waals surface area contributed by atoms with E-state index in [2.05, 4.69) is 5.87 Å². The summed E-state index contributed by atoms with van der Waals surface area (Å²) in [7, 11) is 0. The third kappa shape index (κ3) is 4.23. The highest BCUT2D eigenvalue weighted by Crippen LogP contribution is 2.11. The molecule has 0 bridgehead atoms. The Labute approximate surface area is 110 Å². The topological polar surface area (TPSA) is 44.8 Å². The third-order valence-electron chi connectivity index (χ3n) is 1.92. The third-order valence-corrected chi connectivity index (χ3v) is 3.48. The highest BCUT2D eigenvalue weighted by atomic mass is 32.2. The van der Waals surface area contributed by atoms with E-state index in [4.69, 9.17) is 17.6 Å². The summed E-state index contributed by atoms with van der Waals surface area (Å²) in [5.41, 5.74) is 1.56. The minimum atomic E-state index is 0.0657. The maximum Gasteiger partial charge on any atom is 0.297 e. The lowest BCUT2D eigenvalue weighted by Gasteiger charge is -2.00. The van der Waals surface area contributed by atoms with Crippen molar-refractivity contribution in [3.63, 3.8) is 0 Å². The minimum Gasteiger partial charge on any atom is -0.299 e. The second-order valence-electron chi connectivity index (χ2n) is 3.54. The predicted molar refractivity (Wildman–Crippen MR) is 74.5 cm³/mol. The summed E-state index contributed by atoms with van der Waals surface area (Å²) < 4.78 is 2.25. The van der Waals surface area contributed by atoms with E-state index in [9.17, 15) is 4.79 Å². The number of aromatic nitrogens is 1. The molecule has 0 spiro atoms. The molecule has 1 aromatic rings. The first-order chi connectivity index (χ1) is 8.04. The van der Waals surface area contributed by atoms with Gasteiger partial charge in [-0.3, -0.25) is 10.2 Å². The molecule has 0 aliphatic rings. The average molecular weight is 265 g/mol. The lowest BCUT2D eigenvalue weighted by molar-refractivity contribution is -0.574. The smallest absolute Gasteiger partial charge is 0.297 e. The largest absolute Gasteiger partial charge is 0.299 e. The van der Waals surface area contributed by atoms with Gasteiger partial charge in [-0.25, -0.2) is 0 Å². The zero-order valence-corrected chi connectivity index (χ0v) is 11.3. The van der Waals surface area contributed by atoms with Crippen LogP contribution in [-0.2, 0) is 4.79 Å². The van der Waals surface area contributed by atoms with E-state index in [-0.39, 0.29) is 5.78 Å². The molecule has 5 heteroatoms. The molecular formula is C12H13N2OS2+. The number of nitrogens with zero attached hydrogens (tertiary/aromatic N) is 1. The second-order valence-corrected chi connectivity index (χ2v) is 5.19. The number of ketones is 1. The lowest BCUT2D eigenvalue weighted by atomic mass is 10.3. The van der Waals surface area contributed by atoms with Gasteiger partial charge in [-0.1, -0.05) is 24.0 Å². The molecule has 0 saturated heterocycles. The zero-order valence-electron chi connectivity index (χ0n) is 9.69. The Balaban J connectivity index is 2.90. The second kappa shape index (κ2) is 6.45. The van der Waals surface area contributed by atoms with Crippen LogP contribution in [0, 0.1) is 12.3 Å². The number of carbonyl (C=O) groups excluding carboxylic acids is 1. The highest BCUT2D eigenvalue weighted by molar-refractivity contribution is 8.24. The molecule has 0 amide bonds. The van der Waals surface area contributed by atoms with E-state index < -0.39 is 0 Å². The number of thioether (sulfide) groups is 1. The Hall–Kier alpha value is -1.29. The summed E-state index contributed by atoms with van der Waals surface area (Å²) in [6.07, 6.45) is 3.68. The summed E-state index contributed by atoms with van der Waals surface area (Å²) in [5.74, 6) is 2.72. The predicted octanol–water partition coefficient (Wildman–Crippen LogP) is 2.02. The average Bonchev–Trinajstić information content (AvgIpc) is 2.27. The van der Waals surface area contributed by atoms with Gasteiger partial charge in [0.1, 0.15) is 5.78 Å². The Morgan fingerprint density at radius 3 is 2.88 bits per heavy atom. The Morgan fingerprint density at radius 1 is 1.65 bits per heavy atom. The number of rotatable bonds is 4. The van der Waals surface area contributed by atoms with E-state index in [0.29, 0.717) is 15.6 Å². The minimum absolute atomic E-state index is 0.0657. The van der Waals surface area contributed by atoms with Crippen LogP contribution in [0.2, 0.25) is 0 Å². The number of carbonyl (C=O) groups is 1. The maximum absolute atomic E-state index is 10.9. The van der Waals surface area contributed by atoms with Gasteiger partial charge in [0.05, 0.1) is 11.6 Å². The Bertz CT molecular complexity index is 505. The molecule has 1 N–H and O–H groups in total. The monoisotopic (exact) mass is 265 g/mol. The van der Waals surface area contributed by atoms with Gasteiger partial charge in [0.2, 0.25) is 0 Å². The standard InChI is InChI=1S/C12H13N2OS2/c1-9-4-3-5-14(7-9)11(6-13)12(16)17-8-10(2)15/h3-5,7,13H,8H2,1-2H3/q+1. The molecule has 0 aliphatic heterocycles. The normalized spacial score (nSPS) is 9.53. The van der Waals surface area contributed by atoms with Crippen LogP contribution in [0.1, 0.15) is 12.5 Å². The first-order valence-electron chi connectivity index (χ1n) is 4.99. The zero-order chi connectivity index (χ0) is 12.8. The number of Topliss-reactive ketones (excluding diaryl/α,β-unsaturated/α-hetero) is 1. The van der Waals surface area contributed by atoms with Crippen LogP contribution in [0.15, 0.2) is 24.5 Å². The van der Waals surface area contributed by atoms with Crippen molar-refractivity contribution in [3.05, 3.63) is 30.1 Å². The molecule has 0 atom stereocenters. The molecule has 1 aromatic heterocycles. The molecule has 1 rings (SSSR count). The molecule has 17 heavy (non-hydrogen) atoms. The van der Waals surface area contributed by atoms with Gasteiger partial charge in [-0.15, -0.1) is 0 Å². The molecule has 0 unspecified atom stereocenters. The molecule has 0 aliphatic carbocycles. The van der Waals surface area contributed by atoms with Crippen LogP contribution in [0.25, 0.3) is 5.70 Å². The van der Waals surface area contributed by atoms with Gasteiger partial charge in [0.25, 0.3) is 5.70 Å². The van der Waals surface area contributed by atoms with Crippen molar-refractivity contribution < 1.29 is 9.36 Å². The fourth-order valence-electron chi connectivity index (χ4n) is 1.19. The summed E-state index contributed by atoms with van der Waals surface area (Å²) in [6.45, 7) is 3.48. The van der Waals surface area contributed by atoms with E-state index in [1.54, 1.807) is 4.57 Å². The molecular weight excluding hydrogens is 252 g/mol. The number of aryl methyl sites for hydroxylation is 1. The molecule has 0 aromatic carbocycles. The molecule has 1 heterocycles. The number of pyridine rings is 1. The van der Waals surface area contributed by atoms with Crippen LogP contribution in [0.4, 0.5) is 0 Å². The van der Waals surface area contributed by atoms with Crippen LogP contribution >= 0.6 is 24.0 Å². The van der Waals surface area contributed by atoms with Gasteiger partial charge in [-0.05, 0) is 19.9 Å². The first kappa shape index (κ1) is 13.8. The SMILES string of the molecule is CC(=O)CSC(=S)C(=C=N)[n+]1cccc(C)c1. The Morgan fingerprint density at radius 2 is 2.35 bits per heavy atom. The molecule has 0 saturated carbocycles.